The van der Waals surface area contributed by atoms with Gasteiger partial charge in [-0.15, -0.1) is 10.2 Å². The Balaban J connectivity index is 1.54. The Morgan fingerprint density at radius 1 is 1.24 bits per heavy atom. The van der Waals surface area contributed by atoms with Gasteiger partial charge in [0.15, 0.2) is 6.61 Å². The molecule has 25 heavy (non-hydrogen) atoms. The van der Waals surface area contributed by atoms with Crippen molar-refractivity contribution in [3.05, 3.63) is 64.4 Å². The van der Waals surface area contributed by atoms with E-state index in [4.69, 9.17) is 4.74 Å². The lowest BCUT2D eigenvalue weighted by molar-refractivity contribution is -0.117. The van der Waals surface area contributed by atoms with E-state index in [1.165, 1.54) is 4.80 Å². The van der Waals surface area contributed by atoms with Gasteiger partial charge in [0.25, 0.3) is 0 Å². The van der Waals surface area contributed by atoms with Crippen LogP contribution in [0.25, 0.3) is 0 Å². The number of hydrogen-bond donors (Lipinski definition) is 1. The van der Waals surface area contributed by atoms with E-state index in [0.29, 0.717) is 5.82 Å². The monoisotopic (exact) mass is 401 g/mol. The van der Waals surface area contributed by atoms with Crippen LogP contribution in [-0.4, -0.2) is 26.1 Å². The Bertz CT molecular complexity index is 866. The average molecular weight is 402 g/mol. The molecule has 0 fully saturated rings. The van der Waals surface area contributed by atoms with Gasteiger partial charge in [0, 0.05) is 10.2 Å². The Morgan fingerprint density at radius 3 is 2.80 bits per heavy atom. The molecule has 2 aromatic carbocycles. The van der Waals surface area contributed by atoms with Crippen molar-refractivity contribution in [1.82, 2.24) is 20.2 Å². The molecular weight excluding hydrogens is 386 g/mol. The van der Waals surface area contributed by atoms with E-state index in [9.17, 15) is 4.79 Å². The molecule has 0 atom stereocenters. The molecule has 0 saturated heterocycles. The number of amides is 1. The first-order valence-corrected chi connectivity index (χ1v) is 8.40. The van der Waals surface area contributed by atoms with E-state index >= 15 is 0 Å². The maximum Gasteiger partial charge on any atom is 0.248 e. The number of carbonyl (C=O) groups excluding carboxylic acids is 1. The maximum absolute atomic E-state index is 12.1. The number of anilines is 1. The van der Waals surface area contributed by atoms with Crippen molar-refractivity contribution in [3.63, 3.8) is 0 Å². The zero-order chi connectivity index (χ0) is 17.6. The van der Waals surface area contributed by atoms with Crippen LogP contribution in [0.2, 0.25) is 0 Å². The quantitative estimate of drug-likeness (QED) is 0.686. The smallest absolute Gasteiger partial charge is 0.248 e. The predicted octanol–water partition coefficient (Wildman–Crippen LogP) is 2.96. The molecule has 0 bridgehead atoms. The van der Waals surface area contributed by atoms with Gasteiger partial charge in [-0.25, -0.2) is 0 Å². The molecule has 0 unspecified atom stereocenters. The third kappa shape index (κ3) is 4.87. The summed E-state index contributed by atoms with van der Waals surface area (Å²) in [4.78, 5) is 13.4. The minimum atomic E-state index is -0.224. The maximum atomic E-state index is 12.1. The second-order valence-corrected chi connectivity index (χ2v) is 6.26. The van der Waals surface area contributed by atoms with Crippen LogP contribution in [0.3, 0.4) is 0 Å². The number of carbonyl (C=O) groups is 1. The lowest BCUT2D eigenvalue weighted by Gasteiger charge is -2.08. The molecule has 1 heterocycles. The highest BCUT2D eigenvalue weighted by Gasteiger charge is 2.10. The third-order valence-electron chi connectivity index (χ3n) is 3.35. The summed E-state index contributed by atoms with van der Waals surface area (Å²) in [6, 6.07) is 15.0. The minimum Gasteiger partial charge on any atom is -0.485 e. The predicted molar refractivity (Wildman–Crippen MR) is 96.1 cm³/mol. The lowest BCUT2D eigenvalue weighted by Crippen LogP contribution is -2.21. The number of hydrogen-bond acceptors (Lipinski definition) is 5. The summed E-state index contributed by atoms with van der Waals surface area (Å²) < 4.78 is 6.51. The Morgan fingerprint density at radius 2 is 2.04 bits per heavy atom. The molecule has 0 aliphatic carbocycles. The molecule has 0 aliphatic rings. The molecule has 0 spiro atoms. The SMILES string of the molecule is Cc1cc(Br)ccc1NC(=O)Cn1nnc(COc2ccccc2)n1. The van der Waals surface area contributed by atoms with Crippen molar-refractivity contribution in [1.29, 1.82) is 0 Å². The largest absolute Gasteiger partial charge is 0.485 e. The Kier molecular flexibility index (Phi) is 5.39. The van der Waals surface area contributed by atoms with Crippen molar-refractivity contribution in [2.45, 2.75) is 20.1 Å². The van der Waals surface area contributed by atoms with E-state index in [1.54, 1.807) is 0 Å². The van der Waals surface area contributed by atoms with E-state index in [1.807, 2.05) is 55.5 Å². The van der Waals surface area contributed by atoms with Gasteiger partial charge < -0.3 is 10.1 Å². The van der Waals surface area contributed by atoms with Gasteiger partial charge in [-0.1, -0.05) is 34.1 Å². The van der Waals surface area contributed by atoms with Crippen LogP contribution in [0, 0.1) is 6.92 Å². The zero-order valence-electron chi connectivity index (χ0n) is 13.5. The molecule has 8 heteroatoms. The molecule has 1 aromatic heterocycles. The number of ether oxygens (including phenoxy) is 1. The van der Waals surface area contributed by atoms with Crippen LogP contribution in [-0.2, 0) is 17.9 Å². The molecule has 3 rings (SSSR count). The minimum absolute atomic E-state index is 0.0200. The van der Waals surface area contributed by atoms with Crippen LogP contribution in [0.4, 0.5) is 5.69 Å². The molecule has 0 radical (unpaired) electrons. The van der Waals surface area contributed by atoms with Gasteiger partial charge in [0.05, 0.1) is 0 Å². The summed E-state index contributed by atoms with van der Waals surface area (Å²) in [6.45, 7) is 2.10. The van der Waals surface area contributed by atoms with Crippen molar-refractivity contribution < 1.29 is 9.53 Å². The standard InChI is InChI=1S/C17H16BrN5O2/c1-12-9-13(18)7-8-15(12)19-17(24)10-23-21-16(20-22-23)11-25-14-5-3-2-4-6-14/h2-9H,10-11H2,1H3,(H,19,24). The van der Waals surface area contributed by atoms with E-state index < -0.39 is 0 Å². The normalized spacial score (nSPS) is 10.5. The number of nitrogens with zero attached hydrogens (tertiary/aromatic N) is 4. The van der Waals surface area contributed by atoms with Crippen LogP contribution in [0.5, 0.6) is 5.75 Å². The topological polar surface area (TPSA) is 81.9 Å². The fraction of sp³-hybridized carbons (Fsp3) is 0.176. The number of rotatable bonds is 6. The molecule has 1 N–H and O–H groups in total. The molecule has 0 saturated carbocycles. The van der Waals surface area contributed by atoms with Crippen LogP contribution in [0.1, 0.15) is 11.4 Å². The Labute approximate surface area is 153 Å². The van der Waals surface area contributed by atoms with Gasteiger partial charge in [0.1, 0.15) is 12.3 Å². The highest BCUT2D eigenvalue weighted by molar-refractivity contribution is 9.10. The summed E-state index contributed by atoms with van der Waals surface area (Å²) in [5.41, 5.74) is 1.71. The van der Waals surface area contributed by atoms with Crippen LogP contribution >= 0.6 is 15.9 Å². The first kappa shape index (κ1) is 17.1. The summed E-state index contributed by atoms with van der Waals surface area (Å²) in [5.74, 6) is 0.914. The molecule has 3 aromatic rings. The van der Waals surface area contributed by atoms with Crippen molar-refractivity contribution in [2.24, 2.45) is 0 Å². The number of nitrogens with one attached hydrogen (secondary N) is 1. The molecule has 128 valence electrons. The summed E-state index contributed by atoms with van der Waals surface area (Å²) in [7, 11) is 0. The molecule has 0 aliphatic heterocycles. The number of aromatic nitrogens is 4. The number of para-hydroxylation sites is 1. The highest BCUT2D eigenvalue weighted by Crippen LogP contribution is 2.19. The summed E-state index contributed by atoms with van der Waals surface area (Å²) >= 11 is 3.39. The second kappa shape index (κ2) is 7.89. The van der Waals surface area contributed by atoms with Gasteiger partial charge >= 0.3 is 0 Å². The lowest BCUT2D eigenvalue weighted by atomic mass is 10.2. The average Bonchev–Trinajstić information content (AvgIpc) is 3.04. The van der Waals surface area contributed by atoms with Crippen LogP contribution in [0.15, 0.2) is 53.0 Å². The summed E-state index contributed by atoms with van der Waals surface area (Å²) in [5, 5.41) is 14.7. The number of aryl methyl sites for hydroxylation is 1. The van der Waals surface area contributed by atoms with Gasteiger partial charge in [0.2, 0.25) is 11.7 Å². The second-order valence-electron chi connectivity index (χ2n) is 5.35. The highest BCUT2D eigenvalue weighted by atomic mass is 79.9. The first-order chi connectivity index (χ1) is 12.1. The van der Waals surface area contributed by atoms with Crippen molar-refractivity contribution in [2.75, 3.05) is 5.32 Å². The fourth-order valence-corrected chi connectivity index (χ4v) is 2.63. The third-order valence-corrected chi connectivity index (χ3v) is 3.85. The van der Waals surface area contributed by atoms with Gasteiger partial charge in [-0.2, -0.15) is 4.80 Å². The number of halogens is 1. The van der Waals surface area contributed by atoms with Crippen molar-refractivity contribution >= 4 is 27.5 Å². The van der Waals surface area contributed by atoms with Gasteiger partial charge in [-0.05, 0) is 48.0 Å². The van der Waals surface area contributed by atoms with E-state index in [-0.39, 0.29) is 19.1 Å². The number of benzene rings is 2. The number of tetrazole rings is 1. The van der Waals surface area contributed by atoms with E-state index in [0.717, 1.165) is 21.5 Å². The van der Waals surface area contributed by atoms with Crippen molar-refractivity contribution in [3.8, 4) is 5.75 Å². The Hall–Kier alpha value is -2.74. The fourth-order valence-electron chi connectivity index (χ4n) is 2.15. The van der Waals surface area contributed by atoms with Crippen LogP contribution < -0.4 is 10.1 Å². The first-order valence-electron chi connectivity index (χ1n) is 7.61. The summed E-state index contributed by atoms with van der Waals surface area (Å²) in [6.07, 6.45) is 0. The zero-order valence-corrected chi connectivity index (χ0v) is 15.1. The molecule has 1 amide bonds. The van der Waals surface area contributed by atoms with Gasteiger partial charge in [-0.3, -0.25) is 4.79 Å². The molecular formula is C17H16BrN5O2. The van der Waals surface area contributed by atoms with E-state index in [2.05, 4.69) is 36.7 Å². The molecule has 7 nitrogen and oxygen atoms in total.